The zero-order valence-corrected chi connectivity index (χ0v) is 17.0. The number of amides is 2. The van der Waals surface area contributed by atoms with Crippen molar-refractivity contribution >= 4 is 12.0 Å². The number of likely N-dealkylation sites (tertiary alicyclic amines) is 1. The van der Waals surface area contributed by atoms with Gasteiger partial charge in [0.15, 0.2) is 0 Å². The highest BCUT2D eigenvalue weighted by Crippen LogP contribution is 2.21. The second-order valence-electron chi connectivity index (χ2n) is 8.24. The van der Waals surface area contributed by atoms with E-state index >= 15 is 0 Å². The van der Waals surface area contributed by atoms with Gasteiger partial charge in [0.1, 0.15) is 17.5 Å². The molecule has 7 heteroatoms. The molecule has 0 bridgehead atoms. The van der Waals surface area contributed by atoms with E-state index in [0.29, 0.717) is 50.7 Å². The highest BCUT2D eigenvalue weighted by molar-refractivity contribution is 5.94. The third-order valence-electron chi connectivity index (χ3n) is 4.73. The molecule has 154 valence electrons. The van der Waals surface area contributed by atoms with Gasteiger partial charge in [-0.2, -0.15) is 0 Å². The van der Waals surface area contributed by atoms with E-state index in [4.69, 9.17) is 14.2 Å². The Hall–Kier alpha value is -2.28. The largest absolute Gasteiger partial charge is 0.489 e. The van der Waals surface area contributed by atoms with Crippen LogP contribution in [-0.2, 0) is 9.47 Å². The standard InChI is InChI=1S/C21H30N2O5/c1-21(2,3)28-20(25)23-10-4-5-18(15-23)27-17-8-6-16(7-9-17)19(24)22-11-13-26-14-12-22/h6-9,18H,4-5,10-15H2,1-3H3/t18-/m0/s1. The minimum Gasteiger partial charge on any atom is -0.489 e. The van der Waals surface area contributed by atoms with Crippen molar-refractivity contribution in [3.63, 3.8) is 0 Å². The summed E-state index contributed by atoms with van der Waals surface area (Å²) < 4.78 is 16.8. The molecule has 0 N–H and O–H groups in total. The predicted octanol–water partition coefficient (Wildman–Crippen LogP) is 2.94. The van der Waals surface area contributed by atoms with Crippen LogP contribution in [0.2, 0.25) is 0 Å². The fourth-order valence-corrected chi connectivity index (χ4v) is 3.34. The molecular weight excluding hydrogens is 360 g/mol. The molecule has 1 atom stereocenters. The predicted molar refractivity (Wildman–Crippen MR) is 105 cm³/mol. The van der Waals surface area contributed by atoms with Crippen LogP contribution in [0.4, 0.5) is 4.79 Å². The summed E-state index contributed by atoms with van der Waals surface area (Å²) in [5.74, 6) is 0.721. The Morgan fingerprint density at radius 1 is 1.04 bits per heavy atom. The normalized spacial score (nSPS) is 20.6. The minimum absolute atomic E-state index is 0.0172. The van der Waals surface area contributed by atoms with Crippen molar-refractivity contribution in [3.8, 4) is 5.75 Å². The molecule has 7 nitrogen and oxygen atoms in total. The number of nitrogens with zero attached hydrogens (tertiary/aromatic N) is 2. The van der Waals surface area contributed by atoms with E-state index in [1.807, 2.05) is 32.9 Å². The van der Waals surface area contributed by atoms with Gasteiger partial charge in [-0.3, -0.25) is 4.79 Å². The summed E-state index contributed by atoms with van der Waals surface area (Å²) in [7, 11) is 0. The fourth-order valence-electron chi connectivity index (χ4n) is 3.34. The number of carbonyl (C=O) groups excluding carboxylic acids is 2. The van der Waals surface area contributed by atoms with E-state index in [-0.39, 0.29) is 18.1 Å². The van der Waals surface area contributed by atoms with Gasteiger partial charge in [0, 0.05) is 25.2 Å². The molecule has 2 saturated heterocycles. The van der Waals surface area contributed by atoms with Crippen LogP contribution in [0.25, 0.3) is 0 Å². The zero-order valence-electron chi connectivity index (χ0n) is 17.0. The number of piperidine rings is 1. The van der Waals surface area contributed by atoms with Crippen LogP contribution in [0.5, 0.6) is 5.75 Å². The Balaban J connectivity index is 1.54. The first-order valence-corrected chi connectivity index (χ1v) is 9.93. The number of carbonyl (C=O) groups is 2. The molecule has 2 fully saturated rings. The molecule has 2 aliphatic rings. The average molecular weight is 390 g/mol. The zero-order chi connectivity index (χ0) is 20.1. The molecule has 3 rings (SSSR count). The summed E-state index contributed by atoms with van der Waals surface area (Å²) in [5, 5.41) is 0. The summed E-state index contributed by atoms with van der Waals surface area (Å²) in [6.07, 6.45) is 1.37. The van der Waals surface area contributed by atoms with Gasteiger partial charge in [0.25, 0.3) is 5.91 Å². The third-order valence-corrected chi connectivity index (χ3v) is 4.73. The van der Waals surface area contributed by atoms with Crippen molar-refractivity contribution < 1.29 is 23.8 Å². The molecule has 2 amide bonds. The van der Waals surface area contributed by atoms with E-state index in [0.717, 1.165) is 12.8 Å². The minimum atomic E-state index is -0.506. The second-order valence-corrected chi connectivity index (χ2v) is 8.24. The summed E-state index contributed by atoms with van der Waals surface area (Å²) >= 11 is 0. The summed E-state index contributed by atoms with van der Waals surface area (Å²) in [5.41, 5.74) is 0.140. The van der Waals surface area contributed by atoms with Crippen LogP contribution >= 0.6 is 0 Å². The van der Waals surface area contributed by atoms with Crippen LogP contribution in [0, 0.1) is 0 Å². The van der Waals surface area contributed by atoms with E-state index in [2.05, 4.69) is 0 Å². The molecule has 2 aliphatic heterocycles. The number of hydrogen-bond donors (Lipinski definition) is 0. The van der Waals surface area contributed by atoms with Crippen LogP contribution in [0.1, 0.15) is 44.0 Å². The number of ether oxygens (including phenoxy) is 3. The SMILES string of the molecule is CC(C)(C)OC(=O)N1CCC[C@H](Oc2ccc(C(=O)N3CCOCC3)cc2)C1. The van der Waals surface area contributed by atoms with Crippen LogP contribution in [0.15, 0.2) is 24.3 Å². The summed E-state index contributed by atoms with van der Waals surface area (Å²) in [6, 6.07) is 7.23. The van der Waals surface area contributed by atoms with Crippen LogP contribution in [-0.4, -0.2) is 72.9 Å². The molecule has 0 aromatic heterocycles. The second kappa shape index (κ2) is 8.82. The lowest BCUT2D eigenvalue weighted by atomic mass is 10.1. The van der Waals surface area contributed by atoms with Crippen molar-refractivity contribution in [2.45, 2.75) is 45.3 Å². The summed E-state index contributed by atoms with van der Waals surface area (Å²) in [6.45, 7) is 9.20. The molecule has 0 unspecified atom stereocenters. The maximum absolute atomic E-state index is 12.5. The van der Waals surface area contributed by atoms with Gasteiger partial charge in [-0.05, 0) is 57.9 Å². The first-order valence-electron chi connectivity index (χ1n) is 9.93. The Labute approximate surface area is 166 Å². The molecular formula is C21H30N2O5. The molecule has 2 heterocycles. The van der Waals surface area contributed by atoms with Crippen LogP contribution in [0.3, 0.4) is 0 Å². The Kier molecular flexibility index (Phi) is 6.44. The first kappa shape index (κ1) is 20.5. The smallest absolute Gasteiger partial charge is 0.410 e. The average Bonchev–Trinajstić information content (AvgIpc) is 2.68. The van der Waals surface area contributed by atoms with Crippen molar-refractivity contribution in [3.05, 3.63) is 29.8 Å². The number of benzene rings is 1. The topological polar surface area (TPSA) is 68.3 Å². The Morgan fingerprint density at radius 3 is 2.36 bits per heavy atom. The lowest BCUT2D eigenvalue weighted by Crippen LogP contribution is -2.46. The highest BCUT2D eigenvalue weighted by atomic mass is 16.6. The molecule has 0 spiro atoms. The van der Waals surface area contributed by atoms with Crippen molar-refractivity contribution in [2.75, 3.05) is 39.4 Å². The van der Waals surface area contributed by atoms with E-state index in [1.54, 1.807) is 21.9 Å². The van der Waals surface area contributed by atoms with Crippen LogP contribution < -0.4 is 4.74 Å². The highest BCUT2D eigenvalue weighted by Gasteiger charge is 2.28. The quantitative estimate of drug-likeness (QED) is 0.794. The maximum Gasteiger partial charge on any atom is 0.410 e. The van der Waals surface area contributed by atoms with Crippen molar-refractivity contribution in [2.24, 2.45) is 0 Å². The van der Waals surface area contributed by atoms with Gasteiger partial charge in [-0.25, -0.2) is 4.79 Å². The molecule has 0 radical (unpaired) electrons. The van der Waals surface area contributed by atoms with Crippen molar-refractivity contribution in [1.82, 2.24) is 9.80 Å². The summed E-state index contributed by atoms with van der Waals surface area (Å²) in [4.78, 5) is 28.3. The van der Waals surface area contributed by atoms with Gasteiger partial charge in [0.05, 0.1) is 19.8 Å². The molecule has 0 saturated carbocycles. The Morgan fingerprint density at radius 2 is 1.71 bits per heavy atom. The van der Waals surface area contributed by atoms with Crippen molar-refractivity contribution in [1.29, 1.82) is 0 Å². The molecule has 1 aromatic carbocycles. The number of rotatable bonds is 3. The van der Waals surface area contributed by atoms with Gasteiger partial charge in [-0.15, -0.1) is 0 Å². The molecule has 1 aromatic rings. The molecule has 28 heavy (non-hydrogen) atoms. The number of hydrogen-bond acceptors (Lipinski definition) is 5. The van der Waals surface area contributed by atoms with Gasteiger partial charge < -0.3 is 24.0 Å². The Bertz CT molecular complexity index is 677. The first-order chi connectivity index (χ1) is 13.3. The monoisotopic (exact) mass is 390 g/mol. The fraction of sp³-hybridized carbons (Fsp3) is 0.619. The molecule has 0 aliphatic carbocycles. The van der Waals surface area contributed by atoms with E-state index in [9.17, 15) is 9.59 Å². The van der Waals surface area contributed by atoms with E-state index < -0.39 is 5.60 Å². The van der Waals surface area contributed by atoms with Gasteiger partial charge in [-0.1, -0.05) is 0 Å². The maximum atomic E-state index is 12.5. The van der Waals surface area contributed by atoms with E-state index in [1.165, 1.54) is 0 Å². The lowest BCUT2D eigenvalue weighted by molar-refractivity contribution is 0.00773. The van der Waals surface area contributed by atoms with Gasteiger partial charge in [0.2, 0.25) is 0 Å². The lowest BCUT2D eigenvalue weighted by Gasteiger charge is -2.34. The third kappa shape index (κ3) is 5.61. The number of morpholine rings is 1. The van der Waals surface area contributed by atoms with Gasteiger partial charge >= 0.3 is 6.09 Å².